The molecule has 2 heterocycles. The van der Waals surface area contributed by atoms with Gasteiger partial charge < -0.3 is 15.5 Å². The Balaban J connectivity index is 1.65. The van der Waals surface area contributed by atoms with Crippen molar-refractivity contribution in [1.82, 2.24) is 10.2 Å². The number of likely N-dealkylation sites (tertiary alicyclic amines) is 1. The number of urea groups is 1. The first-order valence-corrected chi connectivity index (χ1v) is 6.35. The van der Waals surface area contributed by atoms with Crippen LogP contribution in [0.1, 0.15) is 0 Å². The third kappa shape index (κ3) is 2.40. The molecule has 3 rings (SSSR count). The van der Waals surface area contributed by atoms with E-state index in [1.54, 1.807) is 4.90 Å². The molecule has 0 spiro atoms. The fourth-order valence-electron chi connectivity index (χ4n) is 2.81. The fourth-order valence-corrected chi connectivity index (χ4v) is 2.81. The number of anilines is 1. The van der Waals surface area contributed by atoms with Crippen LogP contribution in [0, 0.1) is 23.5 Å². The Bertz CT molecular complexity index is 497. The highest BCUT2D eigenvalue weighted by Crippen LogP contribution is 2.27. The van der Waals surface area contributed by atoms with E-state index in [1.807, 2.05) is 0 Å². The van der Waals surface area contributed by atoms with Gasteiger partial charge in [-0.05, 0) is 24.0 Å². The number of amides is 2. The number of benzene rings is 1. The lowest BCUT2D eigenvalue weighted by Crippen LogP contribution is -2.35. The lowest BCUT2D eigenvalue weighted by Gasteiger charge is -2.18. The molecule has 0 saturated carbocycles. The van der Waals surface area contributed by atoms with E-state index in [2.05, 4.69) is 10.6 Å². The summed E-state index contributed by atoms with van der Waals surface area (Å²) in [6, 6.07) is 2.81. The molecule has 2 N–H and O–H groups in total. The minimum Gasteiger partial charge on any atom is -0.324 e. The zero-order valence-electron chi connectivity index (χ0n) is 10.3. The van der Waals surface area contributed by atoms with Crippen molar-refractivity contribution in [3.05, 3.63) is 29.8 Å². The average molecular weight is 267 g/mol. The number of nitrogens with zero attached hydrogens (tertiary/aromatic N) is 1. The van der Waals surface area contributed by atoms with Gasteiger partial charge in [-0.2, -0.15) is 0 Å². The first-order chi connectivity index (χ1) is 9.13. The molecular formula is C13H15F2N3O. The SMILES string of the molecule is O=C(Nc1ccc(F)cc1F)N1C[C@H]2CNC[C@H]2C1. The van der Waals surface area contributed by atoms with Gasteiger partial charge in [-0.3, -0.25) is 0 Å². The summed E-state index contributed by atoms with van der Waals surface area (Å²) in [5.74, 6) is -0.431. The van der Waals surface area contributed by atoms with Crippen molar-refractivity contribution in [2.75, 3.05) is 31.5 Å². The summed E-state index contributed by atoms with van der Waals surface area (Å²) in [6.45, 7) is 3.23. The predicted octanol–water partition coefficient (Wildman–Crippen LogP) is 1.65. The number of carbonyl (C=O) groups is 1. The second-order valence-electron chi connectivity index (χ2n) is 5.14. The molecule has 1 aromatic carbocycles. The summed E-state index contributed by atoms with van der Waals surface area (Å²) in [5.41, 5.74) is 0.0154. The predicted molar refractivity (Wildman–Crippen MR) is 66.8 cm³/mol. The van der Waals surface area contributed by atoms with Crippen LogP contribution in [0.4, 0.5) is 19.3 Å². The molecule has 2 saturated heterocycles. The van der Waals surface area contributed by atoms with Crippen molar-refractivity contribution in [1.29, 1.82) is 0 Å². The van der Waals surface area contributed by atoms with Gasteiger partial charge in [0.05, 0.1) is 5.69 Å². The van der Waals surface area contributed by atoms with E-state index < -0.39 is 11.6 Å². The third-order valence-electron chi connectivity index (χ3n) is 3.85. The van der Waals surface area contributed by atoms with Crippen LogP contribution in [-0.2, 0) is 0 Å². The molecule has 4 nitrogen and oxygen atoms in total. The molecule has 2 fully saturated rings. The summed E-state index contributed by atoms with van der Waals surface area (Å²) < 4.78 is 26.2. The smallest absolute Gasteiger partial charge is 0.321 e. The maximum atomic E-state index is 13.4. The zero-order chi connectivity index (χ0) is 13.4. The molecule has 2 aliphatic heterocycles. The number of hydrogen-bond acceptors (Lipinski definition) is 2. The highest BCUT2D eigenvalue weighted by molar-refractivity contribution is 5.89. The molecule has 0 radical (unpaired) electrons. The number of hydrogen-bond donors (Lipinski definition) is 2. The van der Waals surface area contributed by atoms with Crippen molar-refractivity contribution in [2.24, 2.45) is 11.8 Å². The van der Waals surface area contributed by atoms with Crippen LogP contribution in [0.15, 0.2) is 18.2 Å². The number of carbonyl (C=O) groups excluding carboxylic acids is 1. The van der Waals surface area contributed by atoms with Gasteiger partial charge in [0.15, 0.2) is 0 Å². The molecule has 0 bridgehead atoms. The fraction of sp³-hybridized carbons (Fsp3) is 0.462. The molecule has 0 aliphatic carbocycles. The second-order valence-corrected chi connectivity index (χ2v) is 5.14. The minimum absolute atomic E-state index is 0.0154. The maximum absolute atomic E-state index is 13.4. The summed E-state index contributed by atoms with van der Waals surface area (Å²) in [5, 5.41) is 5.78. The Hall–Kier alpha value is -1.69. The van der Waals surface area contributed by atoms with E-state index in [9.17, 15) is 13.6 Å². The molecule has 2 atom stereocenters. The van der Waals surface area contributed by atoms with Crippen molar-refractivity contribution >= 4 is 11.7 Å². The average Bonchev–Trinajstić information content (AvgIpc) is 2.93. The molecule has 2 aliphatic rings. The largest absolute Gasteiger partial charge is 0.324 e. The van der Waals surface area contributed by atoms with Gasteiger partial charge in [0.25, 0.3) is 0 Å². The molecule has 0 unspecified atom stereocenters. The summed E-state index contributed by atoms with van der Waals surface area (Å²) in [4.78, 5) is 13.7. The van der Waals surface area contributed by atoms with Gasteiger partial charge in [-0.15, -0.1) is 0 Å². The lowest BCUT2D eigenvalue weighted by atomic mass is 10.0. The van der Waals surface area contributed by atoms with Gasteiger partial charge in [0.1, 0.15) is 11.6 Å². The number of nitrogens with one attached hydrogen (secondary N) is 2. The molecular weight excluding hydrogens is 252 g/mol. The Morgan fingerprint density at radius 1 is 1.26 bits per heavy atom. The quantitative estimate of drug-likeness (QED) is 0.812. The van der Waals surface area contributed by atoms with Crippen molar-refractivity contribution in [3.63, 3.8) is 0 Å². The first-order valence-electron chi connectivity index (χ1n) is 6.35. The van der Waals surface area contributed by atoms with E-state index in [-0.39, 0.29) is 11.7 Å². The Kier molecular flexibility index (Phi) is 3.10. The van der Waals surface area contributed by atoms with Gasteiger partial charge in [0, 0.05) is 32.2 Å². The van der Waals surface area contributed by atoms with Gasteiger partial charge in [-0.1, -0.05) is 0 Å². The first kappa shape index (κ1) is 12.3. The zero-order valence-corrected chi connectivity index (χ0v) is 10.3. The van der Waals surface area contributed by atoms with E-state index in [1.165, 1.54) is 6.07 Å². The number of fused-ring (bicyclic) bond motifs is 1. The molecule has 102 valence electrons. The topological polar surface area (TPSA) is 44.4 Å². The van der Waals surface area contributed by atoms with E-state index in [0.717, 1.165) is 25.2 Å². The van der Waals surface area contributed by atoms with Crippen LogP contribution in [0.5, 0.6) is 0 Å². The molecule has 2 amide bonds. The maximum Gasteiger partial charge on any atom is 0.321 e. The van der Waals surface area contributed by atoms with Crippen LogP contribution in [0.3, 0.4) is 0 Å². The second kappa shape index (κ2) is 4.77. The molecule has 19 heavy (non-hydrogen) atoms. The van der Waals surface area contributed by atoms with Crippen LogP contribution >= 0.6 is 0 Å². The Labute approximate surface area is 109 Å². The van der Waals surface area contributed by atoms with Crippen LogP contribution in [0.2, 0.25) is 0 Å². The summed E-state index contributed by atoms with van der Waals surface area (Å²) in [7, 11) is 0. The lowest BCUT2D eigenvalue weighted by molar-refractivity contribution is 0.219. The van der Waals surface area contributed by atoms with E-state index in [4.69, 9.17) is 0 Å². The highest BCUT2D eigenvalue weighted by Gasteiger charge is 2.38. The van der Waals surface area contributed by atoms with Crippen molar-refractivity contribution < 1.29 is 13.6 Å². The number of halogens is 2. The van der Waals surface area contributed by atoms with Crippen LogP contribution < -0.4 is 10.6 Å². The van der Waals surface area contributed by atoms with Crippen LogP contribution in [0.25, 0.3) is 0 Å². The monoisotopic (exact) mass is 267 g/mol. The minimum atomic E-state index is -0.755. The molecule has 1 aromatic rings. The molecule has 6 heteroatoms. The van der Waals surface area contributed by atoms with E-state index in [0.29, 0.717) is 24.9 Å². The number of rotatable bonds is 1. The van der Waals surface area contributed by atoms with Crippen LogP contribution in [-0.4, -0.2) is 37.1 Å². The van der Waals surface area contributed by atoms with Crippen molar-refractivity contribution in [2.45, 2.75) is 0 Å². The van der Waals surface area contributed by atoms with Gasteiger partial charge >= 0.3 is 6.03 Å². The van der Waals surface area contributed by atoms with E-state index >= 15 is 0 Å². The summed E-state index contributed by atoms with van der Waals surface area (Å²) in [6.07, 6.45) is 0. The van der Waals surface area contributed by atoms with Gasteiger partial charge in [-0.25, -0.2) is 13.6 Å². The molecule has 0 aromatic heterocycles. The Morgan fingerprint density at radius 2 is 1.95 bits per heavy atom. The van der Waals surface area contributed by atoms with Crippen molar-refractivity contribution in [3.8, 4) is 0 Å². The highest BCUT2D eigenvalue weighted by atomic mass is 19.1. The third-order valence-corrected chi connectivity index (χ3v) is 3.85. The summed E-state index contributed by atoms with van der Waals surface area (Å²) >= 11 is 0. The standard InChI is InChI=1S/C13H15F2N3O/c14-10-1-2-12(11(15)3-10)17-13(19)18-6-8-4-16-5-9(8)7-18/h1-3,8-9,16H,4-7H2,(H,17,19)/t8-,9+. The normalized spacial score (nSPS) is 25.5. The Morgan fingerprint density at radius 3 is 2.58 bits per heavy atom. The van der Waals surface area contributed by atoms with Gasteiger partial charge in [0.2, 0.25) is 0 Å².